The standard InChI is InChI=1S/C33H26GeN2/c1-34(2,3)26-13-11-22(12-14-26)28-9-6-10-29-30(28)15-16-32-31(29)17-18-36-33(32)24-19-23-7-4-5-8-27(23)25(20-24)21-35/h4-20H,1-3H3. The summed E-state index contributed by atoms with van der Waals surface area (Å²) in [4.78, 5) is 4.78. The first kappa shape index (κ1) is 22.5. The normalized spacial score (nSPS) is 11.7. The molecule has 5 aromatic carbocycles. The molecule has 0 unspecified atom stereocenters. The van der Waals surface area contributed by atoms with E-state index in [0.29, 0.717) is 5.56 Å². The fraction of sp³-hybridized carbons (Fsp3) is 0.0909. The topological polar surface area (TPSA) is 36.7 Å². The van der Waals surface area contributed by atoms with E-state index in [-0.39, 0.29) is 0 Å². The van der Waals surface area contributed by atoms with Gasteiger partial charge in [0.05, 0.1) is 11.6 Å². The minimum atomic E-state index is -1.85. The van der Waals surface area contributed by atoms with Gasteiger partial charge in [0, 0.05) is 0 Å². The molecule has 3 heteroatoms. The number of hydrogen-bond acceptors (Lipinski definition) is 2. The zero-order valence-corrected chi connectivity index (χ0v) is 22.8. The molecule has 0 amide bonds. The molecule has 0 saturated heterocycles. The van der Waals surface area contributed by atoms with Crippen LogP contribution in [0.1, 0.15) is 5.56 Å². The Hall–Kier alpha value is -3.94. The Balaban J connectivity index is 1.55. The van der Waals surface area contributed by atoms with E-state index in [1.54, 1.807) is 0 Å². The van der Waals surface area contributed by atoms with Crippen molar-refractivity contribution in [2.45, 2.75) is 17.3 Å². The third-order valence-electron chi connectivity index (χ3n) is 7.12. The number of aromatic nitrogens is 1. The zero-order chi connectivity index (χ0) is 24.9. The molecule has 6 rings (SSSR count). The van der Waals surface area contributed by atoms with Gasteiger partial charge in [-0.1, -0.05) is 24.3 Å². The van der Waals surface area contributed by atoms with Crippen molar-refractivity contribution in [1.29, 1.82) is 5.26 Å². The van der Waals surface area contributed by atoms with Crippen LogP contribution in [0.25, 0.3) is 54.7 Å². The molecule has 0 aliphatic heterocycles. The second kappa shape index (κ2) is 8.62. The van der Waals surface area contributed by atoms with Crippen LogP contribution in [-0.2, 0) is 0 Å². The van der Waals surface area contributed by atoms with E-state index in [2.05, 4.69) is 96.1 Å². The van der Waals surface area contributed by atoms with E-state index in [0.717, 1.165) is 27.4 Å². The van der Waals surface area contributed by atoms with Crippen molar-refractivity contribution in [1.82, 2.24) is 4.98 Å². The molecule has 172 valence electrons. The second-order valence-corrected chi connectivity index (χ2v) is 21.1. The van der Waals surface area contributed by atoms with Crippen LogP contribution in [0.15, 0.2) is 103 Å². The van der Waals surface area contributed by atoms with Gasteiger partial charge in [0.25, 0.3) is 0 Å². The summed E-state index contributed by atoms with van der Waals surface area (Å²) in [7, 11) is 0. The summed E-state index contributed by atoms with van der Waals surface area (Å²) < 4.78 is 1.52. The average molecular weight is 523 g/mol. The zero-order valence-electron chi connectivity index (χ0n) is 20.7. The summed E-state index contributed by atoms with van der Waals surface area (Å²) in [5.41, 5.74) is 5.04. The molecular weight excluding hydrogens is 497 g/mol. The van der Waals surface area contributed by atoms with Crippen LogP contribution in [-0.4, -0.2) is 18.3 Å². The molecule has 0 fully saturated rings. The molecule has 1 heterocycles. The molecule has 0 radical (unpaired) electrons. The average Bonchev–Trinajstić information content (AvgIpc) is 2.91. The van der Waals surface area contributed by atoms with Gasteiger partial charge in [-0.05, 0) is 10.8 Å². The Morgan fingerprint density at radius 1 is 0.639 bits per heavy atom. The first-order valence-electron chi connectivity index (χ1n) is 12.3. The molecule has 0 spiro atoms. The van der Waals surface area contributed by atoms with Gasteiger partial charge in [-0.25, -0.2) is 0 Å². The third kappa shape index (κ3) is 3.77. The number of fused-ring (bicyclic) bond motifs is 4. The van der Waals surface area contributed by atoms with Crippen molar-refractivity contribution < 1.29 is 0 Å². The monoisotopic (exact) mass is 524 g/mol. The number of pyridine rings is 1. The van der Waals surface area contributed by atoms with Crippen molar-refractivity contribution in [3.63, 3.8) is 0 Å². The van der Waals surface area contributed by atoms with Crippen LogP contribution < -0.4 is 4.40 Å². The Morgan fingerprint density at radius 3 is 2.14 bits per heavy atom. The molecule has 0 aliphatic carbocycles. The van der Waals surface area contributed by atoms with Crippen LogP contribution in [0.5, 0.6) is 0 Å². The fourth-order valence-electron chi connectivity index (χ4n) is 5.19. The SMILES string of the molecule is [CH3][Ge]([CH3])([CH3])[c]1ccc(-c2cccc3c2ccc2c(-c4cc(C#N)c5ccccc5c4)nccc23)cc1. The van der Waals surface area contributed by atoms with E-state index in [4.69, 9.17) is 4.98 Å². The van der Waals surface area contributed by atoms with E-state index in [1.807, 2.05) is 30.5 Å². The quantitative estimate of drug-likeness (QED) is 0.173. The molecule has 2 nitrogen and oxygen atoms in total. The summed E-state index contributed by atoms with van der Waals surface area (Å²) in [6.07, 6.45) is 1.88. The minimum absolute atomic E-state index is 0.674. The predicted molar refractivity (Wildman–Crippen MR) is 155 cm³/mol. The Bertz CT molecular complexity index is 1820. The van der Waals surface area contributed by atoms with Gasteiger partial charge in [0.15, 0.2) is 0 Å². The van der Waals surface area contributed by atoms with Crippen molar-refractivity contribution >= 4 is 50.0 Å². The van der Waals surface area contributed by atoms with Gasteiger partial charge in [-0.15, -0.1) is 0 Å². The third-order valence-corrected chi connectivity index (χ3v) is 11.5. The molecule has 0 N–H and O–H groups in total. The number of nitriles is 1. The second-order valence-electron chi connectivity index (χ2n) is 10.4. The van der Waals surface area contributed by atoms with Gasteiger partial charge in [-0.2, -0.15) is 5.26 Å². The van der Waals surface area contributed by atoms with Gasteiger partial charge < -0.3 is 0 Å². The van der Waals surface area contributed by atoms with E-state index in [9.17, 15) is 5.26 Å². The number of benzene rings is 5. The van der Waals surface area contributed by atoms with E-state index in [1.165, 1.54) is 31.7 Å². The summed E-state index contributed by atoms with van der Waals surface area (Å²) in [6, 6.07) is 36.8. The number of nitrogens with zero attached hydrogens (tertiary/aromatic N) is 2. The Labute approximate surface area is 214 Å². The van der Waals surface area contributed by atoms with Crippen molar-refractivity contribution in [2.75, 3.05) is 0 Å². The molecule has 0 bridgehead atoms. The predicted octanol–water partition coefficient (Wildman–Crippen LogP) is 8.29. The van der Waals surface area contributed by atoms with Gasteiger partial charge in [-0.3, -0.25) is 0 Å². The maximum absolute atomic E-state index is 9.79. The summed E-state index contributed by atoms with van der Waals surface area (Å²) in [5.74, 6) is 7.29. The van der Waals surface area contributed by atoms with E-state index >= 15 is 0 Å². The molecule has 6 aromatic rings. The number of rotatable bonds is 3. The summed E-state index contributed by atoms with van der Waals surface area (Å²) in [6.45, 7) is 0. The van der Waals surface area contributed by atoms with Gasteiger partial charge in [0.2, 0.25) is 0 Å². The van der Waals surface area contributed by atoms with Crippen LogP contribution >= 0.6 is 0 Å². The molecular formula is C33H26GeN2. The van der Waals surface area contributed by atoms with Gasteiger partial charge in [0.1, 0.15) is 0 Å². The van der Waals surface area contributed by atoms with Crippen LogP contribution in [0.4, 0.5) is 0 Å². The fourth-order valence-corrected chi connectivity index (χ4v) is 7.64. The van der Waals surface area contributed by atoms with Crippen LogP contribution in [0, 0.1) is 11.3 Å². The molecule has 1 aromatic heterocycles. The molecule has 0 aliphatic rings. The van der Waals surface area contributed by atoms with Crippen LogP contribution in [0.3, 0.4) is 0 Å². The van der Waals surface area contributed by atoms with E-state index < -0.39 is 13.3 Å². The summed E-state index contributed by atoms with van der Waals surface area (Å²) >= 11 is -1.85. The van der Waals surface area contributed by atoms with Crippen LogP contribution in [0.2, 0.25) is 17.3 Å². The molecule has 0 atom stereocenters. The maximum atomic E-state index is 9.79. The van der Waals surface area contributed by atoms with Crippen molar-refractivity contribution in [3.05, 3.63) is 109 Å². The first-order valence-corrected chi connectivity index (χ1v) is 19.6. The number of hydrogen-bond donors (Lipinski definition) is 0. The Kier molecular flexibility index (Phi) is 5.39. The summed E-state index contributed by atoms with van der Waals surface area (Å²) in [5, 5.41) is 16.5. The van der Waals surface area contributed by atoms with Crippen molar-refractivity contribution in [2.24, 2.45) is 0 Å². The molecule has 0 saturated carbocycles. The van der Waals surface area contributed by atoms with Crippen molar-refractivity contribution in [3.8, 4) is 28.5 Å². The Morgan fingerprint density at radius 2 is 1.36 bits per heavy atom. The molecule has 36 heavy (non-hydrogen) atoms. The van der Waals surface area contributed by atoms with Gasteiger partial charge >= 0.3 is 163 Å². The first-order chi connectivity index (χ1) is 17.4.